The molecule has 2 heterocycles. The smallest absolute Gasteiger partial charge is 0.294 e. The fraction of sp³-hybridized carbons (Fsp3) is 0.333. The molecule has 0 saturated heterocycles. The molecule has 36 heavy (non-hydrogen) atoms. The lowest BCUT2D eigenvalue weighted by Gasteiger charge is -2.11. The van der Waals surface area contributed by atoms with Crippen LogP contribution in [0.4, 0.5) is 4.39 Å². The Morgan fingerprint density at radius 1 is 1.08 bits per heavy atom. The molecule has 2 atom stereocenters. The van der Waals surface area contributed by atoms with Crippen molar-refractivity contribution in [3.63, 3.8) is 0 Å². The monoisotopic (exact) mass is 511 g/mol. The lowest BCUT2D eigenvalue weighted by atomic mass is 10.2. The molecule has 0 aliphatic heterocycles. The molecule has 9 heteroatoms. The summed E-state index contributed by atoms with van der Waals surface area (Å²) in [5.41, 5.74) is 5.35. The standard InChI is InChI=1S/C20H22FN3O.C7H8O3S/c1-12-8-16(12)10-24-14(3)13(2)18-9-22-23-20(19(18)24)25-11-15-4-6-17(21)7-5-15;1-6-2-4-7(5-3-6)11(8,9)10/h4-7,9,12,16H,8,10-11H2,1-3H3;2-5H,1H3,(H,8,9,10)/t12-,16+;/m0./s1. The van der Waals surface area contributed by atoms with E-state index >= 15 is 0 Å². The molecule has 5 rings (SSSR count). The third-order valence-electron chi connectivity index (χ3n) is 6.72. The Morgan fingerprint density at radius 2 is 1.72 bits per heavy atom. The van der Waals surface area contributed by atoms with Crippen LogP contribution >= 0.6 is 0 Å². The number of hydrogen-bond donors (Lipinski definition) is 1. The van der Waals surface area contributed by atoms with Crippen molar-refractivity contribution in [2.24, 2.45) is 11.8 Å². The van der Waals surface area contributed by atoms with Crippen LogP contribution in [-0.2, 0) is 23.3 Å². The van der Waals surface area contributed by atoms with Crippen LogP contribution in [0.25, 0.3) is 10.9 Å². The Hall–Kier alpha value is -3.30. The van der Waals surface area contributed by atoms with E-state index in [2.05, 4.69) is 35.5 Å². The van der Waals surface area contributed by atoms with Gasteiger partial charge in [-0.25, -0.2) is 4.39 Å². The van der Waals surface area contributed by atoms with Crippen LogP contribution in [0.15, 0.2) is 59.6 Å². The molecule has 7 nitrogen and oxygen atoms in total. The highest BCUT2D eigenvalue weighted by molar-refractivity contribution is 7.85. The number of halogens is 1. The number of aromatic nitrogens is 3. The van der Waals surface area contributed by atoms with Crippen molar-refractivity contribution >= 4 is 21.0 Å². The van der Waals surface area contributed by atoms with E-state index in [1.165, 1.54) is 41.9 Å². The first kappa shape index (κ1) is 25.8. The summed E-state index contributed by atoms with van der Waals surface area (Å²) in [6.45, 7) is 9.74. The van der Waals surface area contributed by atoms with E-state index in [0.717, 1.165) is 40.4 Å². The van der Waals surface area contributed by atoms with Gasteiger partial charge in [0.25, 0.3) is 16.0 Å². The van der Waals surface area contributed by atoms with Crippen LogP contribution in [0, 0.1) is 38.4 Å². The predicted octanol–water partition coefficient (Wildman–Crippen LogP) is 5.66. The maximum atomic E-state index is 13.1. The van der Waals surface area contributed by atoms with Gasteiger partial charge in [0.1, 0.15) is 17.9 Å². The number of benzene rings is 2. The van der Waals surface area contributed by atoms with Gasteiger partial charge >= 0.3 is 0 Å². The first-order valence-corrected chi connectivity index (χ1v) is 13.2. The number of hydrogen-bond acceptors (Lipinski definition) is 5. The summed E-state index contributed by atoms with van der Waals surface area (Å²) in [6, 6.07) is 12.3. The van der Waals surface area contributed by atoms with Crippen molar-refractivity contribution in [1.82, 2.24) is 14.8 Å². The van der Waals surface area contributed by atoms with Gasteiger partial charge < -0.3 is 9.30 Å². The lowest BCUT2D eigenvalue weighted by Crippen LogP contribution is -2.06. The quantitative estimate of drug-likeness (QED) is 0.336. The molecule has 1 saturated carbocycles. The van der Waals surface area contributed by atoms with Crippen LogP contribution < -0.4 is 4.74 Å². The molecule has 0 spiro atoms. The first-order valence-electron chi connectivity index (χ1n) is 11.8. The van der Waals surface area contributed by atoms with E-state index < -0.39 is 10.1 Å². The largest absolute Gasteiger partial charge is 0.470 e. The van der Waals surface area contributed by atoms with Crippen LogP contribution in [0.1, 0.15) is 35.7 Å². The van der Waals surface area contributed by atoms with Crippen molar-refractivity contribution in [3.8, 4) is 5.88 Å². The average molecular weight is 512 g/mol. The van der Waals surface area contributed by atoms with E-state index in [-0.39, 0.29) is 10.7 Å². The molecule has 1 aliphatic carbocycles. The predicted molar refractivity (Wildman–Crippen MR) is 136 cm³/mol. The molecule has 1 N–H and O–H groups in total. The molecule has 0 amide bonds. The molecule has 1 aliphatic rings. The van der Waals surface area contributed by atoms with Gasteiger partial charge in [0.2, 0.25) is 0 Å². The van der Waals surface area contributed by atoms with Crippen molar-refractivity contribution in [1.29, 1.82) is 0 Å². The minimum Gasteiger partial charge on any atom is -0.470 e. The highest BCUT2D eigenvalue weighted by Gasteiger charge is 2.34. The van der Waals surface area contributed by atoms with Gasteiger partial charge in [-0.3, -0.25) is 4.55 Å². The van der Waals surface area contributed by atoms with Crippen molar-refractivity contribution < 1.29 is 22.1 Å². The number of fused-ring (bicyclic) bond motifs is 1. The zero-order valence-electron chi connectivity index (χ0n) is 20.8. The van der Waals surface area contributed by atoms with E-state index in [0.29, 0.717) is 12.5 Å². The van der Waals surface area contributed by atoms with Gasteiger partial charge in [0.15, 0.2) is 0 Å². The van der Waals surface area contributed by atoms with Gasteiger partial charge in [-0.1, -0.05) is 36.8 Å². The molecule has 2 aromatic carbocycles. The SMILES string of the molecule is Cc1c(C)n(C[C@H]2C[C@@H]2C)c2c(OCc3ccc(F)cc3)nncc12.Cc1ccc(S(=O)(=O)O)cc1. The van der Waals surface area contributed by atoms with Crippen LogP contribution in [0.2, 0.25) is 0 Å². The van der Waals surface area contributed by atoms with Crippen molar-refractivity contribution in [3.05, 3.63) is 82.9 Å². The molecule has 0 bridgehead atoms. The summed E-state index contributed by atoms with van der Waals surface area (Å²) in [4.78, 5) is -0.0666. The van der Waals surface area contributed by atoms with E-state index in [1.54, 1.807) is 24.3 Å². The summed E-state index contributed by atoms with van der Waals surface area (Å²) in [6.07, 6.45) is 3.09. The third kappa shape index (κ3) is 5.91. The third-order valence-corrected chi connectivity index (χ3v) is 7.58. The molecular weight excluding hydrogens is 481 g/mol. The summed E-state index contributed by atoms with van der Waals surface area (Å²) < 4.78 is 50.9. The van der Waals surface area contributed by atoms with Crippen molar-refractivity contribution in [2.45, 2.75) is 52.2 Å². The van der Waals surface area contributed by atoms with Gasteiger partial charge in [0, 0.05) is 17.6 Å². The van der Waals surface area contributed by atoms with Gasteiger partial charge in [-0.15, -0.1) is 5.10 Å². The lowest BCUT2D eigenvalue weighted by molar-refractivity contribution is 0.292. The van der Waals surface area contributed by atoms with Gasteiger partial charge in [0.05, 0.1) is 11.1 Å². The van der Waals surface area contributed by atoms with Gasteiger partial charge in [-0.05, 0) is 74.4 Å². The number of ether oxygens (including phenoxy) is 1. The zero-order chi connectivity index (χ0) is 26.0. The summed E-state index contributed by atoms with van der Waals surface area (Å²) in [5, 5.41) is 9.44. The molecule has 4 aromatic rings. The maximum Gasteiger partial charge on any atom is 0.294 e. The molecule has 2 aromatic heterocycles. The van der Waals surface area contributed by atoms with Crippen molar-refractivity contribution in [2.75, 3.05) is 0 Å². The zero-order valence-corrected chi connectivity index (χ0v) is 21.6. The van der Waals surface area contributed by atoms with Crippen LogP contribution in [-0.4, -0.2) is 27.7 Å². The van der Waals surface area contributed by atoms with E-state index in [9.17, 15) is 12.8 Å². The normalized spacial score (nSPS) is 16.9. The minimum atomic E-state index is -4.02. The highest BCUT2D eigenvalue weighted by Crippen LogP contribution is 2.41. The minimum absolute atomic E-state index is 0.0666. The number of nitrogens with zero attached hydrogens (tertiary/aromatic N) is 3. The Kier molecular flexibility index (Phi) is 7.42. The Bertz CT molecular complexity index is 1470. The molecule has 190 valence electrons. The highest BCUT2D eigenvalue weighted by atomic mass is 32.2. The second-order valence-corrected chi connectivity index (χ2v) is 10.8. The molecule has 1 fully saturated rings. The second kappa shape index (κ2) is 10.4. The fourth-order valence-corrected chi connectivity index (χ4v) is 4.60. The van der Waals surface area contributed by atoms with E-state index in [1.807, 2.05) is 13.1 Å². The summed E-state index contributed by atoms with van der Waals surface area (Å²) >= 11 is 0. The van der Waals surface area contributed by atoms with E-state index in [4.69, 9.17) is 9.29 Å². The number of rotatable bonds is 6. The molecular formula is C27H30FN3O4S. The Labute approximate surface area is 210 Å². The average Bonchev–Trinajstić information content (AvgIpc) is 3.49. The molecule has 0 radical (unpaired) electrons. The Balaban J connectivity index is 0.000000233. The van der Waals surface area contributed by atoms with Gasteiger partial charge in [-0.2, -0.15) is 13.5 Å². The molecule has 0 unspecified atom stereocenters. The van der Waals surface area contributed by atoms with Crippen LogP contribution in [0.5, 0.6) is 5.88 Å². The Morgan fingerprint density at radius 3 is 2.31 bits per heavy atom. The second-order valence-electron chi connectivity index (χ2n) is 9.41. The maximum absolute atomic E-state index is 13.1. The fourth-order valence-electron chi connectivity index (χ4n) is 4.12. The topological polar surface area (TPSA) is 94.3 Å². The first-order chi connectivity index (χ1) is 17.0. The van der Waals surface area contributed by atoms with Crippen LogP contribution in [0.3, 0.4) is 0 Å². The summed E-state index contributed by atoms with van der Waals surface area (Å²) in [5.74, 6) is 1.82. The summed E-state index contributed by atoms with van der Waals surface area (Å²) in [7, 11) is -4.02. The number of aryl methyl sites for hydroxylation is 2.